The van der Waals surface area contributed by atoms with E-state index in [2.05, 4.69) is 6.58 Å². The van der Waals surface area contributed by atoms with Crippen LogP contribution in [0.1, 0.15) is 6.92 Å². The Morgan fingerprint density at radius 3 is 2.78 bits per heavy atom. The Labute approximate surface area is 58.6 Å². The van der Waals surface area contributed by atoms with Gasteiger partial charge in [0.1, 0.15) is 11.2 Å². The molecule has 0 aliphatic carbocycles. The lowest BCUT2D eigenvalue weighted by molar-refractivity contribution is 0.602. The van der Waals surface area contributed by atoms with E-state index in [4.69, 9.17) is 0 Å². The van der Waals surface area contributed by atoms with E-state index in [0.29, 0.717) is 5.92 Å². The molecule has 0 bridgehead atoms. The molecule has 0 radical (unpaired) electrons. The third-order valence-corrected chi connectivity index (χ3v) is 2.59. The number of hydrogen-bond donors (Lipinski definition) is 0. The van der Waals surface area contributed by atoms with E-state index in [0.717, 1.165) is 11.3 Å². The molecule has 0 N–H and O–H groups in total. The summed E-state index contributed by atoms with van der Waals surface area (Å²) in [6.45, 7) is 5.76. The van der Waals surface area contributed by atoms with Gasteiger partial charge in [-0.25, -0.2) is 0 Å². The van der Waals surface area contributed by atoms with Crippen LogP contribution in [-0.2, 0) is 11.2 Å². The van der Waals surface area contributed by atoms with Crippen molar-refractivity contribution in [3.8, 4) is 0 Å². The van der Waals surface area contributed by atoms with Gasteiger partial charge < -0.3 is 4.55 Å². The van der Waals surface area contributed by atoms with Gasteiger partial charge in [0.05, 0.1) is 0 Å². The summed E-state index contributed by atoms with van der Waals surface area (Å²) in [6.07, 6.45) is 1.97. The van der Waals surface area contributed by atoms with Crippen LogP contribution in [0.3, 0.4) is 0 Å². The van der Waals surface area contributed by atoms with E-state index in [1.165, 1.54) is 0 Å². The minimum Gasteiger partial charge on any atom is -0.612 e. The summed E-state index contributed by atoms with van der Waals surface area (Å²) < 4.78 is 10.7. The molecule has 1 nitrogen and oxygen atoms in total. The zero-order valence-electron chi connectivity index (χ0n) is 5.46. The third-order valence-electron chi connectivity index (χ3n) is 1.44. The SMILES string of the molecule is C=C(C)C1C=C[S+]([O-])C1. The van der Waals surface area contributed by atoms with Crippen molar-refractivity contribution in [3.63, 3.8) is 0 Å². The highest BCUT2D eigenvalue weighted by atomic mass is 32.2. The molecule has 1 rings (SSSR count). The van der Waals surface area contributed by atoms with Gasteiger partial charge >= 0.3 is 0 Å². The van der Waals surface area contributed by atoms with Crippen LogP contribution in [0.25, 0.3) is 0 Å². The Morgan fingerprint density at radius 1 is 1.89 bits per heavy atom. The molecule has 0 amide bonds. The van der Waals surface area contributed by atoms with E-state index >= 15 is 0 Å². The van der Waals surface area contributed by atoms with Crippen molar-refractivity contribution in [3.05, 3.63) is 23.6 Å². The van der Waals surface area contributed by atoms with Gasteiger partial charge in [0.15, 0.2) is 0 Å². The van der Waals surface area contributed by atoms with Gasteiger partial charge in [-0.05, 0) is 24.2 Å². The van der Waals surface area contributed by atoms with Crippen molar-refractivity contribution in [1.82, 2.24) is 0 Å². The fourth-order valence-electron chi connectivity index (χ4n) is 0.777. The first-order valence-corrected chi connectivity index (χ1v) is 4.29. The third kappa shape index (κ3) is 1.60. The maximum atomic E-state index is 10.7. The van der Waals surface area contributed by atoms with Crippen LogP contribution >= 0.6 is 0 Å². The van der Waals surface area contributed by atoms with Gasteiger partial charge in [-0.2, -0.15) is 0 Å². The molecule has 0 aromatic heterocycles. The Bertz CT molecular complexity index is 151. The predicted octanol–water partition coefficient (Wildman–Crippen LogP) is 1.45. The smallest absolute Gasteiger partial charge is 0.120 e. The second-order valence-electron chi connectivity index (χ2n) is 2.33. The molecule has 2 unspecified atom stereocenters. The molecule has 0 aromatic rings. The van der Waals surface area contributed by atoms with Crippen LogP contribution in [0.5, 0.6) is 0 Å². The molecule has 2 atom stereocenters. The fourth-order valence-corrected chi connectivity index (χ4v) is 2.00. The second kappa shape index (κ2) is 2.58. The van der Waals surface area contributed by atoms with E-state index in [-0.39, 0.29) is 0 Å². The number of hydrogen-bond acceptors (Lipinski definition) is 1. The van der Waals surface area contributed by atoms with Gasteiger partial charge in [-0.15, -0.1) is 0 Å². The zero-order chi connectivity index (χ0) is 6.85. The number of allylic oxidation sites excluding steroid dienone is 2. The molecular formula is C7H10OS. The molecule has 0 aromatic carbocycles. The van der Waals surface area contributed by atoms with Crippen LogP contribution in [0.15, 0.2) is 23.6 Å². The highest BCUT2D eigenvalue weighted by Crippen LogP contribution is 2.20. The molecule has 1 heterocycles. The summed E-state index contributed by atoms with van der Waals surface area (Å²) in [7, 11) is 0. The topological polar surface area (TPSA) is 23.1 Å². The van der Waals surface area contributed by atoms with E-state index in [9.17, 15) is 4.55 Å². The van der Waals surface area contributed by atoms with Crippen molar-refractivity contribution in [1.29, 1.82) is 0 Å². The average Bonchev–Trinajstić information content (AvgIpc) is 2.14. The van der Waals surface area contributed by atoms with Crippen molar-refractivity contribution in [2.24, 2.45) is 5.92 Å². The fraction of sp³-hybridized carbons (Fsp3) is 0.429. The lowest BCUT2D eigenvalue weighted by atomic mass is 10.1. The minimum absolute atomic E-state index is 0.367. The molecule has 0 saturated heterocycles. The number of rotatable bonds is 1. The first-order chi connectivity index (χ1) is 4.20. The Kier molecular flexibility index (Phi) is 1.98. The predicted molar refractivity (Wildman–Crippen MR) is 40.5 cm³/mol. The summed E-state index contributed by atoms with van der Waals surface area (Å²) in [6, 6.07) is 0. The Hall–Kier alpha value is -0.210. The van der Waals surface area contributed by atoms with E-state index in [1.807, 2.05) is 13.0 Å². The first kappa shape index (κ1) is 6.90. The monoisotopic (exact) mass is 142 g/mol. The van der Waals surface area contributed by atoms with Crippen molar-refractivity contribution >= 4 is 11.2 Å². The normalized spacial score (nSPS) is 33.1. The lowest BCUT2D eigenvalue weighted by Gasteiger charge is -2.04. The highest BCUT2D eigenvalue weighted by Gasteiger charge is 2.19. The van der Waals surface area contributed by atoms with Crippen LogP contribution in [0.4, 0.5) is 0 Å². The minimum atomic E-state index is -0.715. The summed E-state index contributed by atoms with van der Waals surface area (Å²) in [5, 5.41) is 1.75. The quantitative estimate of drug-likeness (QED) is 0.401. The average molecular weight is 142 g/mol. The molecular weight excluding hydrogens is 132 g/mol. The molecule has 1 aliphatic rings. The first-order valence-electron chi connectivity index (χ1n) is 2.91. The molecule has 0 saturated carbocycles. The summed E-state index contributed by atoms with van der Waals surface area (Å²) in [5.74, 6) is 1.11. The van der Waals surface area contributed by atoms with Crippen molar-refractivity contribution in [2.45, 2.75) is 6.92 Å². The van der Waals surface area contributed by atoms with Crippen LogP contribution < -0.4 is 0 Å². The summed E-state index contributed by atoms with van der Waals surface area (Å²) >= 11 is -0.715. The lowest BCUT2D eigenvalue weighted by Crippen LogP contribution is -2.05. The van der Waals surface area contributed by atoms with Gasteiger partial charge in [0, 0.05) is 5.92 Å². The zero-order valence-corrected chi connectivity index (χ0v) is 6.28. The van der Waals surface area contributed by atoms with Crippen LogP contribution in [0, 0.1) is 5.92 Å². The highest BCUT2D eigenvalue weighted by molar-refractivity contribution is 7.94. The van der Waals surface area contributed by atoms with Crippen molar-refractivity contribution < 1.29 is 4.55 Å². The van der Waals surface area contributed by atoms with Gasteiger partial charge in [0.25, 0.3) is 0 Å². The van der Waals surface area contributed by atoms with Crippen LogP contribution in [0.2, 0.25) is 0 Å². The van der Waals surface area contributed by atoms with Gasteiger partial charge in [-0.3, -0.25) is 0 Å². The molecule has 2 heteroatoms. The van der Waals surface area contributed by atoms with E-state index < -0.39 is 11.2 Å². The Balaban J connectivity index is 2.50. The maximum absolute atomic E-state index is 10.7. The molecule has 0 fully saturated rings. The van der Waals surface area contributed by atoms with Gasteiger partial charge in [0.2, 0.25) is 0 Å². The Morgan fingerprint density at radius 2 is 2.56 bits per heavy atom. The molecule has 9 heavy (non-hydrogen) atoms. The van der Waals surface area contributed by atoms with Crippen molar-refractivity contribution in [2.75, 3.05) is 5.75 Å². The molecule has 0 spiro atoms. The molecule has 50 valence electrons. The maximum Gasteiger partial charge on any atom is 0.120 e. The van der Waals surface area contributed by atoms with Crippen LogP contribution in [-0.4, -0.2) is 10.3 Å². The summed E-state index contributed by atoms with van der Waals surface area (Å²) in [4.78, 5) is 0. The molecule has 1 aliphatic heterocycles. The van der Waals surface area contributed by atoms with Gasteiger partial charge in [-0.1, -0.05) is 12.2 Å². The summed E-state index contributed by atoms with van der Waals surface area (Å²) in [5.41, 5.74) is 1.11. The second-order valence-corrected chi connectivity index (χ2v) is 3.70. The standard InChI is InChI=1S/C7H10OS/c1-6(2)7-3-4-9(8)5-7/h3-4,7H,1,5H2,2H3. The largest absolute Gasteiger partial charge is 0.612 e. The van der Waals surface area contributed by atoms with E-state index in [1.54, 1.807) is 5.41 Å².